The highest BCUT2D eigenvalue weighted by molar-refractivity contribution is 6.35. The van der Waals surface area contributed by atoms with Crippen LogP contribution in [0.3, 0.4) is 0 Å². The Morgan fingerprint density at radius 1 is 1.07 bits per heavy atom. The van der Waals surface area contributed by atoms with Crippen molar-refractivity contribution in [3.63, 3.8) is 0 Å². The number of ether oxygens (including phenoxy) is 3. The van der Waals surface area contributed by atoms with Crippen molar-refractivity contribution >= 4 is 51.7 Å². The van der Waals surface area contributed by atoms with E-state index >= 15 is 0 Å². The lowest BCUT2D eigenvalue weighted by atomic mass is 10.2. The molecule has 1 atom stereocenters. The van der Waals surface area contributed by atoms with Crippen molar-refractivity contribution < 1.29 is 23.8 Å². The second-order valence-electron chi connectivity index (χ2n) is 6.14. The Bertz CT molecular complexity index is 1080. The van der Waals surface area contributed by atoms with E-state index in [1.165, 1.54) is 27.2 Å². The molecule has 29 heavy (non-hydrogen) atoms. The summed E-state index contributed by atoms with van der Waals surface area (Å²) in [6.45, 7) is 1.46. The van der Waals surface area contributed by atoms with Gasteiger partial charge in [0.2, 0.25) is 0 Å². The van der Waals surface area contributed by atoms with Crippen LogP contribution in [0.4, 0.5) is 5.69 Å². The van der Waals surface area contributed by atoms with Crippen LogP contribution in [-0.4, -0.2) is 37.2 Å². The first-order valence-corrected chi connectivity index (χ1v) is 9.29. The third-order valence-corrected chi connectivity index (χ3v) is 4.75. The number of amides is 1. The number of nitrogens with one attached hydrogen (secondary N) is 2. The summed E-state index contributed by atoms with van der Waals surface area (Å²) in [6.07, 6.45) is -1.07. The van der Waals surface area contributed by atoms with Crippen LogP contribution >= 0.6 is 23.2 Å². The number of aromatic nitrogens is 1. The fourth-order valence-electron chi connectivity index (χ4n) is 2.68. The molecule has 7 nitrogen and oxygen atoms in total. The molecule has 0 saturated heterocycles. The van der Waals surface area contributed by atoms with Crippen LogP contribution in [0.1, 0.15) is 17.4 Å². The average Bonchev–Trinajstić information content (AvgIpc) is 3.14. The van der Waals surface area contributed by atoms with Gasteiger partial charge in [0.1, 0.15) is 17.2 Å². The Hall–Kier alpha value is -2.90. The molecule has 152 valence electrons. The highest BCUT2D eigenvalue weighted by Crippen LogP contribution is 2.31. The summed E-state index contributed by atoms with van der Waals surface area (Å²) >= 11 is 11.9. The zero-order chi connectivity index (χ0) is 21.1. The molecule has 2 N–H and O–H groups in total. The van der Waals surface area contributed by atoms with Gasteiger partial charge in [0.05, 0.1) is 30.4 Å². The number of rotatable bonds is 6. The van der Waals surface area contributed by atoms with E-state index in [1.54, 1.807) is 30.3 Å². The number of hydrogen-bond acceptors (Lipinski definition) is 5. The first-order chi connectivity index (χ1) is 13.8. The molecule has 0 fully saturated rings. The molecule has 0 saturated carbocycles. The maximum absolute atomic E-state index is 12.5. The number of methoxy groups -OCH3 is 2. The van der Waals surface area contributed by atoms with Gasteiger partial charge in [0.15, 0.2) is 6.10 Å². The second kappa shape index (κ2) is 8.63. The number of H-pyrrole nitrogens is 1. The van der Waals surface area contributed by atoms with Crippen molar-refractivity contribution in [2.45, 2.75) is 13.0 Å². The number of halogens is 2. The number of hydrogen-bond donors (Lipinski definition) is 2. The predicted molar refractivity (Wildman–Crippen MR) is 111 cm³/mol. The molecule has 0 bridgehead atoms. The minimum Gasteiger partial charge on any atom is -0.497 e. The lowest BCUT2D eigenvalue weighted by Crippen LogP contribution is -2.30. The molecule has 0 spiro atoms. The lowest BCUT2D eigenvalue weighted by Gasteiger charge is -2.14. The van der Waals surface area contributed by atoms with E-state index in [9.17, 15) is 9.59 Å². The Balaban J connectivity index is 1.75. The van der Waals surface area contributed by atoms with Gasteiger partial charge in [-0.2, -0.15) is 0 Å². The van der Waals surface area contributed by atoms with Crippen LogP contribution < -0.4 is 14.8 Å². The number of aromatic amines is 1. The summed E-state index contributed by atoms with van der Waals surface area (Å²) in [5.74, 6) is -0.140. The van der Waals surface area contributed by atoms with Crippen molar-refractivity contribution in [2.24, 2.45) is 0 Å². The first kappa shape index (κ1) is 20.8. The van der Waals surface area contributed by atoms with Gasteiger partial charge in [-0.3, -0.25) is 4.79 Å². The summed E-state index contributed by atoms with van der Waals surface area (Å²) in [4.78, 5) is 27.8. The Morgan fingerprint density at radius 3 is 2.52 bits per heavy atom. The number of anilines is 1. The maximum Gasteiger partial charge on any atom is 0.355 e. The molecule has 1 heterocycles. The van der Waals surface area contributed by atoms with Gasteiger partial charge < -0.3 is 24.5 Å². The fourth-order valence-corrected chi connectivity index (χ4v) is 3.02. The number of fused-ring (bicyclic) bond motifs is 1. The molecule has 2 aromatic carbocycles. The van der Waals surface area contributed by atoms with E-state index in [4.69, 9.17) is 37.4 Å². The zero-order valence-electron chi connectivity index (χ0n) is 15.8. The number of carbonyl (C=O) groups is 2. The molecule has 0 aliphatic carbocycles. The van der Waals surface area contributed by atoms with Gasteiger partial charge in [0.25, 0.3) is 5.91 Å². The zero-order valence-corrected chi connectivity index (χ0v) is 17.4. The number of esters is 1. The van der Waals surface area contributed by atoms with E-state index in [0.29, 0.717) is 38.1 Å². The van der Waals surface area contributed by atoms with Crippen LogP contribution in [0.2, 0.25) is 10.0 Å². The number of carbonyl (C=O) groups excluding carboxylic acids is 2. The molecule has 1 aromatic heterocycles. The van der Waals surface area contributed by atoms with E-state index in [2.05, 4.69) is 10.3 Å². The summed E-state index contributed by atoms with van der Waals surface area (Å²) < 4.78 is 15.8. The minimum atomic E-state index is -1.07. The van der Waals surface area contributed by atoms with E-state index in [-0.39, 0.29) is 5.69 Å². The van der Waals surface area contributed by atoms with Crippen LogP contribution in [0, 0.1) is 0 Å². The number of benzene rings is 2. The molecule has 0 aliphatic heterocycles. The normalized spacial score (nSPS) is 11.8. The molecular formula is C20H18Cl2N2O5. The first-order valence-electron chi connectivity index (χ1n) is 8.54. The van der Waals surface area contributed by atoms with Crippen LogP contribution in [-0.2, 0) is 9.53 Å². The summed E-state index contributed by atoms with van der Waals surface area (Å²) in [5.41, 5.74) is 1.12. The molecule has 0 aliphatic rings. The van der Waals surface area contributed by atoms with Gasteiger partial charge in [-0.05, 0) is 37.3 Å². The van der Waals surface area contributed by atoms with Gasteiger partial charge in [0, 0.05) is 16.5 Å². The molecule has 1 amide bonds. The standard InChI is InChI=1S/C20H18Cl2N2O5/c1-10(19(25)24-15-8-12(21)4-5-14(15)22)29-20(26)16-7-11-6-13(27-2)9-17(28-3)18(11)23-16/h4-10,23H,1-3H3,(H,24,25). The highest BCUT2D eigenvalue weighted by atomic mass is 35.5. The van der Waals surface area contributed by atoms with Crippen molar-refractivity contribution in [2.75, 3.05) is 19.5 Å². The van der Waals surface area contributed by atoms with E-state index in [0.717, 1.165) is 0 Å². The summed E-state index contributed by atoms with van der Waals surface area (Å²) in [7, 11) is 3.05. The minimum absolute atomic E-state index is 0.173. The molecular weight excluding hydrogens is 419 g/mol. The SMILES string of the molecule is COc1cc(OC)c2[nH]c(C(=O)OC(C)C(=O)Nc3cc(Cl)ccc3Cl)cc2c1. The monoisotopic (exact) mass is 436 g/mol. The van der Waals surface area contributed by atoms with Crippen molar-refractivity contribution in [3.8, 4) is 11.5 Å². The summed E-state index contributed by atoms with van der Waals surface area (Å²) in [5, 5.41) is 4.02. The molecule has 0 radical (unpaired) electrons. The Labute approximate surface area is 176 Å². The highest BCUT2D eigenvalue weighted by Gasteiger charge is 2.22. The van der Waals surface area contributed by atoms with Gasteiger partial charge in [-0.15, -0.1) is 0 Å². The van der Waals surface area contributed by atoms with Crippen molar-refractivity contribution in [1.29, 1.82) is 0 Å². The Kier molecular flexibility index (Phi) is 6.20. The largest absolute Gasteiger partial charge is 0.497 e. The van der Waals surface area contributed by atoms with Crippen molar-refractivity contribution in [1.82, 2.24) is 4.98 Å². The topological polar surface area (TPSA) is 89.7 Å². The third-order valence-electron chi connectivity index (χ3n) is 4.18. The fraction of sp³-hybridized carbons (Fsp3) is 0.200. The van der Waals surface area contributed by atoms with Gasteiger partial charge in [-0.1, -0.05) is 23.2 Å². The lowest BCUT2D eigenvalue weighted by molar-refractivity contribution is -0.123. The van der Waals surface area contributed by atoms with Crippen LogP contribution in [0.15, 0.2) is 36.4 Å². The third kappa shape index (κ3) is 4.58. The van der Waals surface area contributed by atoms with Crippen LogP contribution in [0.5, 0.6) is 11.5 Å². The molecule has 9 heteroatoms. The second-order valence-corrected chi connectivity index (χ2v) is 6.98. The van der Waals surface area contributed by atoms with E-state index < -0.39 is 18.0 Å². The summed E-state index contributed by atoms with van der Waals surface area (Å²) in [6, 6.07) is 9.71. The van der Waals surface area contributed by atoms with Crippen molar-refractivity contribution in [3.05, 3.63) is 52.1 Å². The van der Waals surface area contributed by atoms with Gasteiger partial charge >= 0.3 is 5.97 Å². The van der Waals surface area contributed by atoms with Crippen LogP contribution in [0.25, 0.3) is 10.9 Å². The molecule has 1 unspecified atom stereocenters. The quantitative estimate of drug-likeness (QED) is 0.547. The Morgan fingerprint density at radius 2 is 1.83 bits per heavy atom. The van der Waals surface area contributed by atoms with Gasteiger partial charge in [-0.25, -0.2) is 4.79 Å². The maximum atomic E-state index is 12.5. The van der Waals surface area contributed by atoms with E-state index in [1.807, 2.05) is 0 Å². The average molecular weight is 437 g/mol. The predicted octanol–water partition coefficient (Wildman–Crippen LogP) is 4.68. The molecule has 3 rings (SSSR count). The molecule has 3 aromatic rings. The smallest absolute Gasteiger partial charge is 0.355 e.